The minimum absolute atomic E-state index is 0.0731. The van der Waals surface area contributed by atoms with Crippen molar-refractivity contribution in [2.75, 3.05) is 6.61 Å². The summed E-state index contributed by atoms with van der Waals surface area (Å²) in [6.45, 7) is 5.00. The van der Waals surface area contributed by atoms with Gasteiger partial charge in [0, 0.05) is 28.4 Å². The number of rotatable bonds is 1. The van der Waals surface area contributed by atoms with Crippen LogP contribution in [-0.4, -0.2) is 50.1 Å². The van der Waals surface area contributed by atoms with E-state index in [1.807, 2.05) is 0 Å². The van der Waals surface area contributed by atoms with Crippen LogP contribution in [0.25, 0.3) is 0 Å². The van der Waals surface area contributed by atoms with Gasteiger partial charge in [0.15, 0.2) is 17.3 Å². The first-order valence-corrected chi connectivity index (χ1v) is 9.11. The van der Waals surface area contributed by atoms with E-state index in [9.17, 15) is 30.3 Å². The number of Topliss-reactive ketones (excluding diaryl/α,β-unsaturated/α-hetero) is 1. The fourth-order valence-electron chi connectivity index (χ4n) is 5.20. The maximum Gasteiger partial charge on any atom is 0.231 e. The number of hydrogen-bond acceptors (Lipinski definition) is 7. The first-order valence-electron chi connectivity index (χ1n) is 9.11. The van der Waals surface area contributed by atoms with Crippen LogP contribution < -0.4 is 4.74 Å². The fraction of sp³-hybridized carbons (Fsp3) is 0.550. The first kappa shape index (κ1) is 18.1. The number of aromatic hydroxyl groups is 2. The zero-order chi connectivity index (χ0) is 19.9. The van der Waals surface area contributed by atoms with E-state index < -0.39 is 34.6 Å². The molecule has 0 aromatic heterocycles. The maximum absolute atomic E-state index is 13.0. The number of carbonyl (C=O) groups is 1. The third kappa shape index (κ3) is 2.07. The van der Waals surface area contributed by atoms with Gasteiger partial charge in [-0.2, -0.15) is 0 Å². The van der Waals surface area contributed by atoms with E-state index in [1.54, 1.807) is 20.8 Å². The number of ketones is 1. The van der Waals surface area contributed by atoms with Crippen molar-refractivity contribution in [1.82, 2.24) is 0 Å². The molecule has 5 N–H and O–H groups in total. The highest BCUT2D eigenvalue weighted by molar-refractivity contribution is 6.13. The van der Waals surface area contributed by atoms with Gasteiger partial charge in [-0.05, 0) is 18.4 Å². The third-order valence-electron chi connectivity index (χ3n) is 6.60. The van der Waals surface area contributed by atoms with E-state index in [4.69, 9.17) is 4.74 Å². The van der Waals surface area contributed by atoms with E-state index in [1.165, 1.54) is 0 Å². The van der Waals surface area contributed by atoms with Crippen molar-refractivity contribution in [3.63, 3.8) is 0 Å². The number of carbonyl (C=O) groups excluding carboxylic acids is 1. The van der Waals surface area contributed by atoms with Gasteiger partial charge in [0.05, 0.1) is 18.3 Å². The maximum atomic E-state index is 13.0. The van der Waals surface area contributed by atoms with Crippen molar-refractivity contribution >= 4 is 5.78 Å². The van der Waals surface area contributed by atoms with Crippen LogP contribution in [0.15, 0.2) is 11.3 Å². The lowest BCUT2D eigenvalue weighted by molar-refractivity contribution is 0.0231. The summed E-state index contributed by atoms with van der Waals surface area (Å²) in [5, 5.41) is 52.4. The predicted molar refractivity (Wildman–Crippen MR) is 95.3 cm³/mol. The molecule has 1 aromatic carbocycles. The van der Waals surface area contributed by atoms with Crippen LogP contribution in [0, 0.1) is 5.41 Å². The Hall–Kier alpha value is -2.25. The summed E-state index contributed by atoms with van der Waals surface area (Å²) in [5.74, 6) is -1.76. The molecule has 3 atom stereocenters. The SMILES string of the molecule is CC1(C)C2=C(O)C(=O)c3c(O)c4c(c(O)c3[C@@]2(C)CC[C@@H]1O)O[C@@H](CO)C4. The van der Waals surface area contributed by atoms with E-state index in [0.29, 0.717) is 18.4 Å². The molecule has 2 aliphatic carbocycles. The second-order valence-electron chi connectivity index (χ2n) is 8.54. The van der Waals surface area contributed by atoms with Crippen molar-refractivity contribution in [2.45, 2.75) is 57.7 Å². The highest BCUT2D eigenvalue weighted by Crippen LogP contribution is 2.61. The number of benzene rings is 1. The molecule has 0 saturated heterocycles. The molecule has 1 aliphatic heterocycles. The van der Waals surface area contributed by atoms with Crippen molar-refractivity contribution < 1.29 is 35.1 Å². The van der Waals surface area contributed by atoms with Crippen LogP contribution in [-0.2, 0) is 11.8 Å². The smallest absolute Gasteiger partial charge is 0.231 e. The van der Waals surface area contributed by atoms with E-state index in [0.717, 1.165) is 0 Å². The molecule has 7 heteroatoms. The molecule has 7 nitrogen and oxygen atoms in total. The lowest BCUT2D eigenvalue weighted by atomic mass is 9.53. The number of allylic oxidation sites excluding steroid dienone is 1. The zero-order valence-corrected chi connectivity index (χ0v) is 15.5. The van der Waals surface area contributed by atoms with Gasteiger partial charge in [-0.25, -0.2) is 0 Å². The van der Waals surface area contributed by atoms with Crippen LogP contribution in [0.2, 0.25) is 0 Å². The largest absolute Gasteiger partial charge is 0.507 e. The van der Waals surface area contributed by atoms with Crippen molar-refractivity contribution in [2.24, 2.45) is 5.41 Å². The van der Waals surface area contributed by atoms with Crippen LogP contribution >= 0.6 is 0 Å². The van der Waals surface area contributed by atoms with Gasteiger partial charge in [-0.1, -0.05) is 20.8 Å². The normalized spacial score (nSPS) is 31.2. The molecule has 27 heavy (non-hydrogen) atoms. The Bertz CT molecular complexity index is 898. The minimum atomic E-state index is -0.951. The highest BCUT2D eigenvalue weighted by Gasteiger charge is 2.56. The molecule has 1 heterocycles. The Morgan fingerprint density at radius 1 is 1.15 bits per heavy atom. The molecule has 0 amide bonds. The molecule has 1 aromatic rings. The Kier molecular flexibility index (Phi) is 3.62. The van der Waals surface area contributed by atoms with Gasteiger partial charge in [0.25, 0.3) is 0 Å². The predicted octanol–water partition coefficient (Wildman–Crippen LogP) is 1.84. The summed E-state index contributed by atoms with van der Waals surface area (Å²) in [5.41, 5.74) is -1.13. The number of hydrogen-bond donors (Lipinski definition) is 5. The Morgan fingerprint density at radius 3 is 2.44 bits per heavy atom. The lowest BCUT2D eigenvalue weighted by Gasteiger charge is -2.51. The van der Waals surface area contributed by atoms with Crippen molar-refractivity contribution in [3.8, 4) is 17.2 Å². The fourth-order valence-corrected chi connectivity index (χ4v) is 5.20. The molecular formula is C20H24O7. The van der Waals surface area contributed by atoms with Crippen LogP contribution in [0.5, 0.6) is 17.2 Å². The Labute approximate surface area is 156 Å². The number of fused-ring (bicyclic) bond motifs is 4. The van der Waals surface area contributed by atoms with Gasteiger partial charge < -0.3 is 30.3 Å². The summed E-state index contributed by atoms with van der Waals surface area (Å²) in [6.07, 6.45) is -0.423. The summed E-state index contributed by atoms with van der Waals surface area (Å²) in [6, 6.07) is 0. The Morgan fingerprint density at radius 2 is 1.81 bits per heavy atom. The van der Waals surface area contributed by atoms with Gasteiger partial charge in [0.2, 0.25) is 5.78 Å². The van der Waals surface area contributed by atoms with Crippen LogP contribution in [0.4, 0.5) is 0 Å². The second-order valence-corrected chi connectivity index (χ2v) is 8.54. The average molecular weight is 376 g/mol. The molecule has 3 aliphatic rings. The van der Waals surface area contributed by atoms with Crippen molar-refractivity contribution in [1.29, 1.82) is 0 Å². The number of aliphatic hydroxyl groups excluding tert-OH is 3. The molecule has 4 rings (SSSR count). The summed E-state index contributed by atoms with van der Waals surface area (Å²) < 4.78 is 5.59. The number of phenols is 2. The molecule has 0 radical (unpaired) electrons. The average Bonchev–Trinajstić information content (AvgIpc) is 3.05. The summed E-state index contributed by atoms with van der Waals surface area (Å²) in [4.78, 5) is 13.0. The molecule has 0 unspecified atom stereocenters. The summed E-state index contributed by atoms with van der Waals surface area (Å²) >= 11 is 0. The monoisotopic (exact) mass is 376 g/mol. The molecule has 0 spiro atoms. The third-order valence-corrected chi connectivity index (χ3v) is 6.60. The summed E-state index contributed by atoms with van der Waals surface area (Å²) in [7, 11) is 0. The zero-order valence-electron chi connectivity index (χ0n) is 15.5. The van der Waals surface area contributed by atoms with Gasteiger partial charge in [-0.15, -0.1) is 0 Å². The van der Waals surface area contributed by atoms with Crippen molar-refractivity contribution in [3.05, 3.63) is 28.0 Å². The molecule has 1 fully saturated rings. The van der Waals surface area contributed by atoms with E-state index in [-0.39, 0.29) is 47.0 Å². The minimum Gasteiger partial charge on any atom is -0.507 e. The quantitative estimate of drug-likeness (QED) is 0.473. The second kappa shape index (κ2) is 5.39. The molecule has 0 bridgehead atoms. The number of phenolic OH excluding ortho intramolecular Hbond substituents is 2. The van der Waals surface area contributed by atoms with Gasteiger partial charge >= 0.3 is 0 Å². The van der Waals surface area contributed by atoms with Gasteiger partial charge in [-0.3, -0.25) is 4.79 Å². The highest BCUT2D eigenvalue weighted by atomic mass is 16.5. The lowest BCUT2D eigenvalue weighted by Crippen LogP contribution is -2.49. The van der Waals surface area contributed by atoms with Crippen LogP contribution in [0.3, 0.4) is 0 Å². The molecule has 1 saturated carbocycles. The molecule has 146 valence electrons. The van der Waals surface area contributed by atoms with E-state index >= 15 is 0 Å². The van der Waals surface area contributed by atoms with Gasteiger partial charge in [0.1, 0.15) is 11.9 Å². The Balaban J connectivity index is 2.05. The molecular weight excluding hydrogens is 352 g/mol. The standard InChI is InChI=1S/C20H24O7/c1-19(2)10(22)4-5-20(3)12-11(14(24)16(26)18(19)20)13(23)9-6-8(7-21)27-17(9)15(12)25/h8,10,21-23,25-26H,4-7H2,1-3H3/t8-,10+,20-/m1/s1. The topological polar surface area (TPSA) is 127 Å². The van der Waals surface area contributed by atoms with E-state index in [2.05, 4.69) is 0 Å². The number of ether oxygens (including phenoxy) is 1. The van der Waals surface area contributed by atoms with Crippen LogP contribution in [0.1, 0.15) is 55.1 Å². The number of aliphatic hydroxyl groups is 3. The first-order chi connectivity index (χ1) is 12.6.